The Balaban J connectivity index is 2.53. The van der Waals surface area contributed by atoms with E-state index >= 15 is 0 Å². The average Bonchev–Trinajstić information content (AvgIpc) is 2.45. The summed E-state index contributed by atoms with van der Waals surface area (Å²) in [6, 6.07) is 4.84. The van der Waals surface area contributed by atoms with Crippen LogP contribution in [0, 0.1) is 0 Å². The van der Waals surface area contributed by atoms with Crippen molar-refractivity contribution in [3.63, 3.8) is 0 Å². The van der Waals surface area contributed by atoms with Gasteiger partial charge < -0.3 is 11.5 Å². The lowest BCUT2D eigenvalue weighted by Crippen LogP contribution is -2.16. The minimum atomic E-state index is -0.480. The van der Waals surface area contributed by atoms with Crippen LogP contribution in [0.1, 0.15) is 78.1 Å². The minimum Gasteiger partial charge on any atom is -0.366 e. The molecule has 0 fully saturated rings. The smallest absolute Gasteiger partial charge is 0.248 e. The molecule has 0 bridgehead atoms. The van der Waals surface area contributed by atoms with Crippen LogP contribution in [0.15, 0.2) is 18.2 Å². The summed E-state index contributed by atoms with van der Waals surface area (Å²) in [6.07, 6.45) is 9.19. The second-order valence-corrected chi connectivity index (χ2v) is 5.47. The lowest BCUT2D eigenvalue weighted by molar-refractivity contribution is 0.0987. The van der Waals surface area contributed by atoms with E-state index in [9.17, 15) is 9.59 Å². The Kier molecular flexibility index (Phi) is 7.51. The van der Waals surface area contributed by atoms with E-state index in [2.05, 4.69) is 6.92 Å². The van der Waals surface area contributed by atoms with Crippen molar-refractivity contribution in [1.29, 1.82) is 0 Å². The molecule has 1 aromatic rings. The molecule has 4 nitrogen and oxygen atoms in total. The van der Waals surface area contributed by atoms with Gasteiger partial charge in [0.15, 0.2) is 0 Å². The Bertz CT molecular complexity index is 484. The minimum absolute atomic E-state index is 0.429. The van der Waals surface area contributed by atoms with Gasteiger partial charge in [0.25, 0.3) is 0 Å². The topological polar surface area (TPSA) is 86.2 Å². The summed E-state index contributed by atoms with van der Waals surface area (Å²) in [4.78, 5) is 22.6. The molecule has 0 heterocycles. The molecule has 1 aromatic carbocycles. The quantitative estimate of drug-likeness (QED) is 0.648. The predicted octanol–water partition coefficient (Wildman–Crippen LogP) is 3.18. The van der Waals surface area contributed by atoms with Crippen molar-refractivity contribution in [2.24, 2.45) is 11.5 Å². The normalized spacial score (nSPS) is 10.5. The molecule has 0 aliphatic carbocycles. The molecular formula is C17H26N2O2. The van der Waals surface area contributed by atoms with E-state index in [1.165, 1.54) is 32.1 Å². The van der Waals surface area contributed by atoms with E-state index in [0.29, 0.717) is 11.1 Å². The number of unbranched alkanes of at least 4 members (excludes halogenated alkanes) is 6. The summed E-state index contributed by atoms with van der Waals surface area (Å²) in [5.74, 6) is -0.934. The highest BCUT2D eigenvalue weighted by Crippen LogP contribution is 2.16. The van der Waals surface area contributed by atoms with E-state index in [-0.39, 0.29) is 0 Å². The number of nitrogens with two attached hydrogens (primary N) is 2. The van der Waals surface area contributed by atoms with Gasteiger partial charge in [-0.1, -0.05) is 45.4 Å². The molecule has 116 valence electrons. The zero-order valence-corrected chi connectivity index (χ0v) is 12.9. The van der Waals surface area contributed by atoms with Crippen LogP contribution in [-0.4, -0.2) is 11.8 Å². The molecule has 0 atom stereocenters. The standard InChI is InChI=1S/C17H26N2O2/c1-2-3-4-5-6-7-8-9-13-12-14(16(18)20)10-11-15(13)17(19)21/h10-12H,2-9H2,1H3,(H2,18,20)(H2,19,21). The molecule has 0 radical (unpaired) electrons. The first-order chi connectivity index (χ1) is 10.1. The summed E-state index contributed by atoms with van der Waals surface area (Å²) < 4.78 is 0. The summed E-state index contributed by atoms with van der Waals surface area (Å²) in [7, 11) is 0. The predicted molar refractivity (Wildman–Crippen MR) is 85.2 cm³/mol. The monoisotopic (exact) mass is 290 g/mol. The van der Waals surface area contributed by atoms with E-state index in [4.69, 9.17) is 11.5 Å². The van der Waals surface area contributed by atoms with Crippen molar-refractivity contribution >= 4 is 11.8 Å². The fraction of sp³-hybridized carbons (Fsp3) is 0.529. The third kappa shape index (κ3) is 5.98. The third-order valence-corrected chi connectivity index (χ3v) is 3.70. The van der Waals surface area contributed by atoms with Crippen LogP contribution < -0.4 is 11.5 Å². The highest BCUT2D eigenvalue weighted by molar-refractivity contribution is 5.97. The molecule has 0 saturated heterocycles. The molecule has 0 aromatic heterocycles. The summed E-state index contributed by atoms with van der Waals surface area (Å²) >= 11 is 0. The number of amides is 2. The third-order valence-electron chi connectivity index (χ3n) is 3.70. The van der Waals surface area contributed by atoms with E-state index < -0.39 is 11.8 Å². The SMILES string of the molecule is CCCCCCCCCc1cc(C(N)=O)ccc1C(N)=O. The van der Waals surface area contributed by atoms with Gasteiger partial charge in [-0.2, -0.15) is 0 Å². The van der Waals surface area contributed by atoms with Crippen LogP contribution in [-0.2, 0) is 6.42 Å². The molecule has 0 saturated carbocycles. The Labute approximate surface area is 126 Å². The molecular weight excluding hydrogens is 264 g/mol. The second kappa shape index (κ2) is 9.16. The Morgan fingerprint density at radius 2 is 1.52 bits per heavy atom. The molecule has 0 unspecified atom stereocenters. The van der Waals surface area contributed by atoms with Crippen LogP contribution in [0.25, 0.3) is 0 Å². The molecule has 1 rings (SSSR count). The van der Waals surface area contributed by atoms with Crippen molar-refractivity contribution in [3.05, 3.63) is 34.9 Å². The number of primary amides is 2. The van der Waals surface area contributed by atoms with E-state index in [1.807, 2.05) is 0 Å². The van der Waals surface area contributed by atoms with Crippen molar-refractivity contribution < 1.29 is 9.59 Å². The number of carbonyl (C=O) groups is 2. The van der Waals surface area contributed by atoms with Crippen LogP contribution in [0.5, 0.6) is 0 Å². The maximum Gasteiger partial charge on any atom is 0.248 e. The number of benzene rings is 1. The molecule has 21 heavy (non-hydrogen) atoms. The van der Waals surface area contributed by atoms with Gasteiger partial charge >= 0.3 is 0 Å². The number of hydrogen-bond acceptors (Lipinski definition) is 2. The molecule has 4 N–H and O–H groups in total. The van der Waals surface area contributed by atoms with Gasteiger partial charge in [-0.3, -0.25) is 9.59 Å². The lowest BCUT2D eigenvalue weighted by atomic mass is 9.97. The van der Waals surface area contributed by atoms with Crippen molar-refractivity contribution in [3.8, 4) is 0 Å². The fourth-order valence-electron chi connectivity index (χ4n) is 2.47. The van der Waals surface area contributed by atoms with E-state index in [1.54, 1.807) is 18.2 Å². The van der Waals surface area contributed by atoms with Gasteiger partial charge in [0.1, 0.15) is 0 Å². The summed E-state index contributed by atoms with van der Waals surface area (Å²) in [5.41, 5.74) is 12.4. The molecule has 2 amide bonds. The van der Waals surface area contributed by atoms with Gasteiger partial charge in [0.05, 0.1) is 0 Å². The fourth-order valence-corrected chi connectivity index (χ4v) is 2.47. The Morgan fingerprint density at radius 3 is 2.10 bits per heavy atom. The van der Waals surface area contributed by atoms with Gasteiger partial charge in [0, 0.05) is 11.1 Å². The number of rotatable bonds is 10. The Morgan fingerprint density at radius 1 is 0.905 bits per heavy atom. The highest BCUT2D eigenvalue weighted by atomic mass is 16.1. The van der Waals surface area contributed by atoms with E-state index in [0.717, 1.165) is 24.8 Å². The first-order valence-corrected chi connectivity index (χ1v) is 7.78. The number of aryl methyl sites for hydroxylation is 1. The second-order valence-electron chi connectivity index (χ2n) is 5.47. The number of carbonyl (C=O) groups excluding carboxylic acids is 2. The first-order valence-electron chi connectivity index (χ1n) is 7.78. The lowest BCUT2D eigenvalue weighted by Gasteiger charge is -2.08. The molecule has 0 aliphatic heterocycles. The van der Waals surface area contributed by atoms with Gasteiger partial charge in [-0.15, -0.1) is 0 Å². The maximum absolute atomic E-state index is 11.4. The van der Waals surface area contributed by atoms with Crippen molar-refractivity contribution in [2.45, 2.75) is 58.3 Å². The van der Waals surface area contributed by atoms with Gasteiger partial charge in [0.2, 0.25) is 11.8 Å². The van der Waals surface area contributed by atoms with Gasteiger partial charge in [-0.25, -0.2) is 0 Å². The first kappa shape index (κ1) is 17.2. The molecule has 4 heteroatoms. The Hall–Kier alpha value is -1.84. The van der Waals surface area contributed by atoms with Crippen LogP contribution in [0.4, 0.5) is 0 Å². The summed E-state index contributed by atoms with van der Waals surface area (Å²) in [6.45, 7) is 2.21. The number of hydrogen-bond donors (Lipinski definition) is 2. The van der Waals surface area contributed by atoms with Crippen LogP contribution in [0.2, 0.25) is 0 Å². The zero-order chi connectivity index (χ0) is 15.7. The maximum atomic E-state index is 11.4. The van der Waals surface area contributed by atoms with Crippen molar-refractivity contribution in [2.75, 3.05) is 0 Å². The largest absolute Gasteiger partial charge is 0.366 e. The molecule has 0 aliphatic rings. The van der Waals surface area contributed by atoms with Crippen LogP contribution >= 0.6 is 0 Å². The van der Waals surface area contributed by atoms with Crippen molar-refractivity contribution in [1.82, 2.24) is 0 Å². The van der Waals surface area contributed by atoms with Crippen LogP contribution in [0.3, 0.4) is 0 Å². The van der Waals surface area contributed by atoms with Gasteiger partial charge in [-0.05, 0) is 36.6 Å². The highest BCUT2D eigenvalue weighted by Gasteiger charge is 2.11. The molecule has 0 spiro atoms. The average molecular weight is 290 g/mol. The zero-order valence-electron chi connectivity index (χ0n) is 12.9. The summed E-state index contributed by atoms with van der Waals surface area (Å²) in [5, 5.41) is 0.